The molecule has 2 bridgehead atoms. The summed E-state index contributed by atoms with van der Waals surface area (Å²) >= 11 is 0. The van der Waals surface area contributed by atoms with Gasteiger partial charge < -0.3 is 14.7 Å². The van der Waals surface area contributed by atoms with Crippen LogP contribution in [0.1, 0.15) is 33.6 Å². The molecule has 1 N–H and O–H groups in total. The number of carbonyl (C=O) groups is 1. The largest absolute Gasteiger partial charge is 0.444 e. The number of likely N-dealkylation sites (tertiary alicyclic amines) is 1. The van der Waals surface area contributed by atoms with E-state index in [-0.39, 0.29) is 24.2 Å². The second-order valence-electron chi connectivity index (χ2n) is 5.53. The maximum Gasteiger partial charge on any atom is 0.410 e. The molecule has 4 nitrogen and oxygen atoms in total. The van der Waals surface area contributed by atoms with Crippen LogP contribution in [0.5, 0.6) is 0 Å². The molecule has 1 heterocycles. The van der Waals surface area contributed by atoms with E-state index in [9.17, 15) is 9.90 Å². The summed E-state index contributed by atoms with van der Waals surface area (Å²) < 4.78 is 5.30. The van der Waals surface area contributed by atoms with Crippen molar-refractivity contribution in [3.8, 4) is 0 Å². The van der Waals surface area contributed by atoms with Gasteiger partial charge in [0.1, 0.15) is 5.60 Å². The first-order valence-corrected chi connectivity index (χ1v) is 5.56. The number of hydrogen-bond acceptors (Lipinski definition) is 3. The van der Waals surface area contributed by atoms with Crippen LogP contribution in [-0.2, 0) is 4.74 Å². The second-order valence-corrected chi connectivity index (χ2v) is 5.53. The lowest BCUT2D eigenvalue weighted by Gasteiger charge is -2.29. The van der Waals surface area contributed by atoms with E-state index in [1.54, 1.807) is 4.90 Å². The minimum Gasteiger partial charge on any atom is -0.444 e. The Bertz CT molecular complexity index is 271. The van der Waals surface area contributed by atoms with Crippen molar-refractivity contribution in [3.63, 3.8) is 0 Å². The van der Waals surface area contributed by atoms with Crippen LogP contribution in [0, 0.1) is 5.92 Å². The molecule has 3 atom stereocenters. The van der Waals surface area contributed by atoms with Crippen molar-refractivity contribution in [1.82, 2.24) is 4.90 Å². The molecule has 2 aliphatic rings. The van der Waals surface area contributed by atoms with Crippen molar-refractivity contribution in [2.45, 2.75) is 51.4 Å². The van der Waals surface area contributed by atoms with Gasteiger partial charge in [-0.1, -0.05) is 0 Å². The van der Waals surface area contributed by atoms with Gasteiger partial charge in [-0.25, -0.2) is 4.79 Å². The van der Waals surface area contributed by atoms with E-state index >= 15 is 0 Å². The van der Waals surface area contributed by atoms with Crippen LogP contribution in [0.25, 0.3) is 0 Å². The first-order valence-electron chi connectivity index (χ1n) is 5.56. The Labute approximate surface area is 90.2 Å². The lowest BCUT2D eigenvalue weighted by Crippen LogP contribution is -2.42. The van der Waals surface area contributed by atoms with Crippen LogP contribution in [0.2, 0.25) is 0 Å². The lowest BCUT2D eigenvalue weighted by atomic mass is 10.1. The number of hydrogen-bond donors (Lipinski definition) is 1. The number of piperidine rings is 1. The summed E-state index contributed by atoms with van der Waals surface area (Å²) in [6.45, 7) is 6.22. The number of rotatable bonds is 0. The second kappa shape index (κ2) is 3.37. The number of aliphatic hydroxyl groups excluding tert-OH is 1. The highest BCUT2D eigenvalue weighted by molar-refractivity contribution is 5.69. The number of fused-ring (bicyclic) bond motifs is 2. The molecule has 86 valence electrons. The minimum absolute atomic E-state index is 0.00940. The van der Waals surface area contributed by atoms with Crippen molar-refractivity contribution < 1.29 is 14.6 Å². The van der Waals surface area contributed by atoms with Gasteiger partial charge in [-0.05, 0) is 33.6 Å². The van der Waals surface area contributed by atoms with E-state index in [2.05, 4.69) is 0 Å². The van der Waals surface area contributed by atoms with E-state index < -0.39 is 5.60 Å². The molecule has 2 fully saturated rings. The molecule has 1 aliphatic carbocycles. The molecule has 0 radical (unpaired) electrons. The van der Waals surface area contributed by atoms with Gasteiger partial charge in [0.05, 0.1) is 12.1 Å². The fourth-order valence-electron chi connectivity index (χ4n) is 2.50. The molecule has 1 aliphatic heterocycles. The van der Waals surface area contributed by atoms with Gasteiger partial charge in [0, 0.05) is 12.5 Å². The number of aliphatic hydroxyl groups is 1. The van der Waals surface area contributed by atoms with Gasteiger partial charge in [-0.15, -0.1) is 0 Å². The van der Waals surface area contributed by atoms with Gasteiger partial charge in [0.15, 0.2) is 0 Å². The molecule has 0 aromatic rings. The highest BCUT2D eigenvalue weighted by Crippen LogP contribution is 2.38. The molecular weight excluding hydrogens is 194 g/mol. The van der Waals surface area contributed by atoms with Crippen LogP contribution in [0.3, 0.4) is 0 Å². The van der Waals surface area contributed by atoms with Gasteiger partial charge in [-0.2, -0.15) is 0 Å². The van der Waals surface area contributed by atoms with E-state index in [0.717, 1.165) is 12.8 Å². The maximum atomic E-state index is 11.8. The molecule has 0 unspecified atom stereocenters. The van der Waals surface area contributed by atoms with Gasteiger partial charge in [0.25, 0.3) is 0 Å². The Morgan fingerprint density at radius 2 is 2.07 bits per heavy atom. The summed E-state index contributed by atoms with van der Waals surface area (Å²) in [6.07, 6.45) is 1.32. The molecule has 0 spiro atoms. The van der Waals surface area contributed by atoms with E-state index in [0.29, 0.717) is 6.54 Å². The summed E-state index contributed by atoms with van der Waals surface area (Å²) in [5, 5.41) is 9.80. The summed E-state index contributed by atoms with van der Waals surface area (Å²) in [6, 6.07) is -0.00940. The van der Waals surface area contributed by atoms with Crippen molar-refractivity contribution in [2.75, 3.05) is 6.54 Å². The van der Waals surface area contributed by atoms with Crippen LogP contribution >= 0.6 is 0 Å². The molecule has 2 rings (SSSR count). The number of ether oxygens (including phenoxy) is 1. The normalized spacial score (nSPS) is 34.7. The lowest BCUT2D eigenvalue weighted by molar-refractivity contribution is 0.0151. The molecule has 15 heavy (non-hydrogen) atoms. The van der Waals surface area contributed by atoms with E-state index in [1.807, 2.05) is 20.8 Å². The van der Waals surface area contributed by atoms with Crippen molar-refractivity contribution in [3.05, 3.63) is 0 Å². The Balaban J connectivity index is 1.99. The maximum absolute atomic E-state index is 11.8. The van der Waals surface area contributed by atoms with Gasteiger partial charge >= 0.3 is 6.09 Å². The summed E-state index contributed by atoms with van der Waals surface area (Å²) in [7, 11) is 0. The Kier molecular flexibility index (Phi) is 2.41. The average Bonchev–Trinajstić information content (AvgIpc) is 2.59. The Morgan fingerprint density at radius 3 is 2.47 bits per heavy atom. The summed E-state index contributed by atoms with van der Waals surface area (Å²) in [4.78, 5) is 13.5. The Morgan fingerprint density at radius 1 is 1.40 bits per heavy atom. The van der Waals surface area contributed by atoms with Crippen LogP contribution in [0.15, 0.2) is 0 Å². The van der Waals surface area contributed by atoms with Crippen molar-refractivity contribution >= 4 is 6.09 Å². The fraction of sp³-hybridized carbons (Fsp3) is 0.909. The highest BCUT2D eigenvalue weighted by atomic mass is 16.6. The minimum atomic E-state index is -0.454. The monoisotopic (exact) mass is 213 g/mol. The third-order valence-corrected chi connectivity index (χ3v) is 3.17. The third kappa shape index (κ3) is 1.95. The standard InChI is InChI=1S/C11H19NO3/c1-11(2,3)15-10(14)12-6-7-4-5-8(12)9(7)13/h7-9,13H,4-6H2,1-3H3/t7-,8-,9-/m1/s1. The number of nitrogens with zero attached hydrogens (tertiary/aromatic N) is 1. The van der Waals surface area contributed by atoms with E-state index in [4.69, 9.17) is 4.74 Å². The fourth-order valence-corrected chi connectivity index (χ4v) is 2.50. The first-order chi connectivity index (χ1) is 6.88. The third-order valence-electron chi connectivity index (χ3n) is 3.17. The highest BCUT2D eigenvalue weighted by Gasteiger charge is 2.48. The molecule has 1 saturated heterocycles. The van der Waals surface area contributed by atoms with Crippen molar-refractivity contribution in [2.24, 2.45) is 5.92 Å². The molecule has 1 amide bonds. The predicted octanol–water partition coefficient (Wildman–Crippen LogP) is 1.38. The predicted molar refractivity (Wildman–Crippen MR) is 55.5 cm³/mol. The summed E-state index contributed by atoms with van der Waals surface area (Å²) in [5.41, 5.74) is -0.454. The molecule has 4 heteroatoms. The van der Waals surface area contributed by atoms with Crippen LogP contribution in [-0.4, -0.2) is 40.4 Å². The topological polar surface area (TPSA) is 49.8 Å². The van der Waals surface area contributed by atoms with Crippen molar-refractivity contribution in [1.29, 1.82) is 0 Å². The summed E-state index contributed by atoms with van der Waals surface area (Å²) in [5.74, 6) is 0.266. The number of amides is 1. The number of carbonyl (C=O) groups excluding carboxylic acids is 1. The smallest absolute Gasteiger partial charge is 0.410 e. The zero-order chi connectivity index (χ0) is 11.2. The van der Waals surface area contributed by atoms with Crippen LogP contribution in [0.4, 0.5) is 4.79 Å². The first kappa shape index (κ1) is 10.7. The SMILES string of the molecule is CC(C)(C)OC(=O)N1C[C@H]2CC[C@@H]1[C@@H]2O. The van der Waals surface area contributed by atoms with E-state index in [1.165, 1.54) is 0 Å². The van der Waals surface area contributed by atoms with Crippen LogP contribution < -0.4 is 0 Å². The zero-order valence-corrected chi connectivity index (χ0v) is 9.56. The molecule has 0 aromatic carbocycles. The average molecular weight is 213 g/mol. The van der Waals surface area contributed by atoms with Gasteiger partial charge in [-0.3, -0.25) is 0 Å². The zero-order valence-electron chi connectivity index (χ0n) is 9.56. The Hall–Kier alpha value is -0.770. The molecular formula is C11H19NO3. The quantitative estimate of drug-likeness (QED) is 0.661. The molecule has 1 saturated carbocycles. The molecule has 0 aromatic heterocycles. The van der Waals surface area contributed by atoms with Gasteiger partial charge in [0.2, 0.25) is 0 Å².